The fourth-order valence-corrected chi connectivity index (χ4v) is 3.41. The average molecular weight is 419 g/mol. The van der Waals surface area contributed by atoms with Crippen molar-refractivity contribution in [2.45, 2.75) is 6.54 Å². The second-order valence-corrected chi connectivity index (χ2v) is 7.28. The van der Waals surface area contributed by atoms with Crippen LogP contribution in [0.5, 0.6) is 5.75 Å². The number of ether oxygens (including phenoxy) is 1. The van der Waals surface area contributed by atoms with Crippen molar-refractivity contribution < 1.29 is 14.5 Å². The van der Waals surface area contributed by atoms with Crippen LogP contribution in [0.25, 0.3) is 0 Å². The van der Waals surface area contributed by atoms with Gasteiger partial charge in [-0.1, -0.05) is 23.7 Å². The van der Waals surface area contributed by atoms with E-state index in [0.29, 0.717) is 0 Å². The van der Waals surface area contributed by atoms with Crippen molar-refractivity contribution in [3.05, 3.63) is 63.2 Å². The third-order valence-electron chi connectivity index (χ3n) is 4.81. The Labute approximate surface area is 174 Å². The van der Waals surface area contributed by atoms with E-state index in [9.17, 15) is 14.9 Å². The van der Waals surface area contributed by atoms with Crippen LogP contribution in [0.2, 0.25) is 5.02 Å². The summed E-state index contributed by atoms with van der Waals surface area (Å²) in [7, 11) is 1.66. The number of carbonyl (C=O) groups is 1. The van der Waals surface area contributed by atoms with Gasteiger partial charge in [0.15, 0.2) is 0 Å². The average Bonchev–Trinajstić information content (AvgIpc) is 2.71. The smallest absolute Gasteiger partial charge is 0.271 e. The number of nitro groups is 1. The van der Waals surface area contributed by atoms with Gasteiger partial charge >= 0.3 is 0 Å². The van der Waals surface area contributed by atoms with Crippen molar-refractivity contribution in [3.63, 3.8) is 0 Å². The molecule has 2 aromatic carbocycles. The molecule has 1 aliphatic heterocycles. The van der Waals surface area contributed by atoms with Gasteiger partial charge in [0.05, 0.1) is 29.3 Å². The van der Waals surface area contributed by atoms with Crippen LogP contribution in [0.15, 0.2) is 42.5 Å². The summed E-state index contributed by atoms with van der Waals surface area (Å²) in [5.74, 6) is 0.603. The number of rotatable bonds is 7. The third-order valence-corrected chi connectivity index (χ3v) is 5.14. The van der Waals surface area contributed by atoms with Crippen LogP contribution < -0.4 is 10.1 Å². The van der Waals surface area contributed by atoms with Crippen molar-refractivity contribution >= 4 is 28.9 Å². The number of nitrogens with one attached hydrogen (secondary N) is 1. The summed E-state index contributed by atoms with van der Waals surface area (Å²) in [6.07, 6.45) is 0. The molecular formula is C20H23ClN4O4. The predicted octanol–water partition coefficient (Wildman–Crippen LogP) is 3.01. The second kappa shape index (κ2) is 9.69. The lowest BCUT2D eigenvalue weighted by Crippen LogP contribution is -2.48. The predicted molar refractivity (Wildman–Crippen MR) is 111 cm³/mol. The van der Waals surface area contributed by atoms with Gasteiger partial charge in [-0.15, -0.1) is 0 Å². The van der Waals surface area contributed by atoms with Gasteiger partial charge in [-0.25, -0.2) is 0 Å². The van der Waals surface area contributed by atoms with Gasteiger partial charge in [0.25, 0.3) is 5.69 Å². The van der Waals surface area contributed by atoms with Gasteiger partial charge in [-0.05, 0) is 23.8 Å². The highest BCUT2D eigenvalue weighted by Crippen LogP contribution is 2.26. The zero-order valence-corrected chi connectivity index (χ0v) is 16.9. The summed E-state index contributed by atoms with van der Waals surface area (Å²) in [5.41, 5.74) is 1.33. The SMILES string of the molecule is COc1cccc(CN2CCN(CC(=O)Nc3cc([N+](=O)[O-])ccc3Cl)CC2)c1. The summed E-state index contributed by atoms with van der Waals surface area (Å²) >= 11 is 6.04. The van der Waals surface area contributed by atoms with E-state index in [1.165, 1.54) is 23.8 Å². The molecular weight excluding hydrogens is 396 g/mol. The molecule has 1 aliphatic rings. The van der Waals surface area contributed by atoms with Crippen molar-refractivity contribution in [1.82, 2.24) is 9.80 Å². The lowest BCUT2D eigenvalue weighted by Gasteiger charge is -2.34. The minimum Gasteiger partial charge on any atom is -0.497 e. The number of piperazine rings is 1. The zero-order valence-electron chi connectivity index (χ0n) is 16.1. The molecule has 1 heterocycles. The van der Waals surface area contributed by atoms with Gasteiger partial charge in [-0.2, -0.15) is 0 Å². The number of non-ortho nitro benzene ring substituents is 1. The Hall–Kier alpha value is -2.68. The first-order chi connectivity index (χ1) is 13.9. The number of methoxy groups -OCH3 is 1. The monoisotopic (exact) mass is 418 g/mol. The summed E-state index contributed by atoms with van der Waals surface area (Å²) in [4.78, 5) is 27.1. The third kappa shape index (κ3) is 5.90. The highest BCUT2D eigenvalue weighted by Gasteiger charge is 2.20. The molecule has 0 radical (unpaired) electrons. The normalized spacial score (nSPS) is 15.1. The summed E-state index contributed by atoms with van der Waals surface area (Å²) in [5, 5.41) is 13.8. The number of benzene rings is 2. The first-order valence-electron chi connectivity index (χ1n) is 9.26. The molecule has 0 saturated carbocycles. The fourth-order valence-electron chi connectivity index (χ4n) is 3.25. The second-order valence-electron chi connectivity index (χ2n) is 6.87. The first kappa shape index (κ1) is 21.0. The minimum atomic E-state index is -0.520. The van der Waals surface area contributed by atoms with Crippen molar-refractivity contribution in [2.24, 2.45) is 0 Å². The molecule has 3 rings (SSSR count). The maximum Gasteiger partial charge on any atom is 0.271 e. The lowest BCUT2D eigenvalue weighted by molar-refractivity contribution is -0.384. The van der Waals surface area contributed by atoms with E-state index >= 15 is 0 Å². The lowest BCUT2D eigenvalue weighted by atomic mass is 10.2. The highest BCUT2D eigenvalue weighted by molar-refractivity contribution is 6.33. The van der Waals surface area contributed by atoms with Gasteiger partial charge < -0.3 is 10.1 Å². The van der Waals surface area contributed by atoms with E-state index in [-0.39, 0.29) is 28.8 Å². The summed E-state index contributed by atoms with van der Waals surface area (Å²) < 4.78 is 5.26. The fraction of sp³-hybridized carbons (Fsp3) is 0.350. The zero-order chi connectivity index (χ0) is 20.8. The molecule has 0 aromatic heterocycles. The topological polar surface area (TPSA) is 88.0 Å². The Kier molecular flexibility index (Phi) is 7.03. The van der Waals surface area contributed by atoms with Crippen LogP contribution in [-0.2, 0) is 11.3 Å². The van der Waals surface area contributed by atoms with E-state index in [1.807, 2.05) is 18.2 Å². The van der Waals surface area contributed by atoms with E-state index in [4.69, 9.17) is 16.3 Å². The molecule has 29 heavy (non-hydrogen) atoms. The standard InChI is InChI=1S/C20H23ClN4O4/c1-29-17-4-2-3-15(11-17)13-23-7-9-24(10-8-23)14-20(26)22-19-12-16(25(27)28)5-6-18(19)21/h2-6,11-12H,7-10,13-14H2,1H3,(H,22,26). The van der Waals surface area contributed by atoms with Crippen LogP contribution in [0, 0.1) is 10.1 Å². The number of nitrogens with zero attached hydrogens (tertiary/aromatic N) is 3. The van der Waals surface area contributed by atoms with Crippen LogP contribution in [-0.4, -0.2) is 60.5 Å². The van der Waals surface area contributed by atoms with Gasteiger partial charge in [0.1, 0.15) is 5.75 Å². The molecule has 1 amide bonds. The van der Waals surface area contributed by atoms with Crippen LogP contribution >= 0.6 is 11.6 Å². The first-order valence-corrected chi connectivity index (χ1v) is 9.64. The molecule has 8 nitrogen and oxygen atoms in total. The Morgan fingerprint density at radius 2 is 1.90 bits per heavy atom. The van der Waals surface area contributed by atoms with Crippen LogP contribution in [0.1, 0.15) is 5.56 Å². The van der Waals surface area contributed by atoms with E-state index in [2.05, 4.69) is 21.2 Å². The molecule has 0 spiro atoms. The number of hydrogen-bond acceptors (Lipinski definition) is 6. The number of halogens is 1. The molecule has 1 saturated heterocycles. The molecule has 154 valence electrons. The number of anilines is 1. The largest absolute Gasteiger partial charge is 0.497 e. The van der Waals surface area contributed by atoms with Crippen LogP contribution in [0.4, 0.5) is 11.4 Å². The van der Waals surface area contributed by atoms with E-state index in [1.54, 1.807) is 7.11 Å². The van der Waals surface area contributed by atoms with E-state index < -0.39 is 4.92 Å². The maximum atomic E-state index is 12.3. The Bertz CT molecular complexity index is 885. The Balaban J connectivity index is 1.48. The molecule has 0 bridgehead atoms. The number of amides is 1. The molecule has 0 unspecified atom stereocenters. The maximum absolute atomic E-state index is 12.3. The molecule has 0 atom stereocenters. The van der Waals surface area contributed by atoms with Gasteiger partial charge in [0, 0.05) is 44.9 Å². The summed E-state index contributed by atoms with van der Waals surface area (Å²) in [6.45, 7) is 4.27. The minimum absolute atomic E-state index is 0.115. The number of nitro benzene ring substituents is 1. The molecule has 9 heteroatoms. The molecule has 0 aliphatic carbocycles. The van der Waals surface area contributed by atoms with Gasteiger partial charge in [0.2, 0.25) is 5.91 Å². The van der Waals surface area contributed by atoms with Crippen LogP contribution in [0.3, 0.4) is 0 Å². The van der Waals surface area contributed by atoms with Crippen molar-refractivity contribution in [1.29, 1.82) is 0 Å². The number of carbonyl (C=O) groups excluding carboxylic acids is 1. The molecule has 2 aromatic rings. The summed E-state index contributed by atoms with van der Waals surface area (Å²) in [6, 6.07) is 12.0. The highest BCUT2D eigenvalue weighted by atomic mass is 35.5. The number of hydrogen-bond donors (Lipinski definition) is 1. The van der Waals surface area contributed by atoms with Crippen molar-refractivity contribution in [2.75, 3.05) is 45.2 Å². The molecule has 1 N–H and O–H groups in total. The Morgan fingerprint density at radius 3 is 2.59 bits per heavy atom. The van der Waals surface area contributed by atoms with Gasteiger partial charge in [-0.3, -0.25) is 24.7 Å². The Morgan fingerprint density at radius 1 is 1.17 bits per heavy atom. The van der Waals surface area contributed by atoms with Crippen molar-refractivity contribution in [3.8, 4) is 5.75 Å². The molecule has 1 fully saturated rings. The quantitative estimate of drug-likeness (QED) is 0.549. The van der Waals surface area contributed by atoms with E-state index in [0.717, 1.165) is 38.5 Å².